The average Bonchev–Trinajstić information content (AvgIpc) is 2.55. The van der Waals surface area contributed by atoms with Crippen molar-refractivity contribution in [3.63, 3.8) is 0 Å². The summed E-state index contributed by atoms with van der Waals surface area (Å²) >= 11 is 0. The second-order valence-electron chi connectivity index (χ2n) is 4.81. The van der Waals surface area contributed by atoms with E-state index < -0.39 is 17.6 Å². The maximum atomic E-state index is 12.2. The number of hydrogen-bond acceptors (Lipinski definition) is 4. The maximum Gasteiger partial charge on any atom is 0.245 e. The first-order valence-electron chi connectivity index (χ1n) is 6.79. The number of hydrogen-bond donors (Lipinski definition) is 1. The second-order valence-corrected chi connectivity index (χ2v) is 4.81. The van der Waals surface area contributed by atoms with Gasteiger partial charge in [-0.3, -0.25) is 14.6 Å². The Hall–Kier alpha value is -3.00. The number of ketones is 1. The molecule has 2 rings (SSSR count). The van der Waals surface area contributed by atoms with Gasteiger partial charge in [0, 0.05) is 24.5 Å². The van der Waals surface area contributed by atoms with Crippen molar-refractivity contribution >= 4 is 11.7 Å². The quantitative estimate of drug-likeness (QED) is 0.675. The van der Waals surface area contributed by atoms with Crippen LogP contribution in [0.5, 0.6) is 0 Å². The lowest BCUT2D eigenvalue weighted by Gasteiger charge is -2.11. The van der Waals surface area contributed by atoms with Crippen molar-refractivity contribution in [1.82, 2.24) is 10.3 Å². The first-order valence-corrected chi connectivity index (χ1v) is 6.79. The maximum absolute atomic E-state index is 12.2. The Morgan fingerprint density at radius 1 is 1.27 bits per heavy atom. The molecular weight excluding hydrogens is 278 g/mol. The van der Waals surface area contributed by atoms with E-state index in [1.165, 1.54) is 18.5 Å². The van der Waals surface area contributed by atoms with Gasteiger partial charge in [-0.15, -0.1) is 0 Å². The van der Waals surface area contributed by atoms with Gasteiger partial charge in [-0.2, -0.15) is 5.26 Å². The molecule has 0 aliphatic heterocycles. The van der Waals surface area contributed by atoms with E-state index in [4.69, 9.17) is 5.26 Å². The van der Waals surface area contributed by atoms with E-state index in [2.05, 4.69) is 10.3 Å². The summed E-state index contributed by atoms with van der Waals surface area (Å²) in [6.07, 6.45) is 2.87. The number of nitrogens with zero attached hydrogens (tertiary/aromatic N) is 2. The molecule has 22 heavy (non-hydrogen) atoms. The van der Waals surface area contributed by atoms with Crippen molar-refractivity contribution in [2.45, 2.75) is 13.5 Å². The zero-order valence-electron chi connectivity index (χ0n) is 12.1. The smallest absolute Gasteiger partial charge is 0.245 e. The Morgan fingerprint density at radius 2 is 2.05 bits per heavy atom. The fraction of sp³-hybridized carbons (Fsp3) is 0.176. The van der Waals surface area contributed by atoms with E-state index in [0.717, 1.165) is 11.1 Å². The number of rotatable bonds is 5. The molecule has 1 atom stereocenters. The topological polar surface area (TPSA) is 82.9 Å². The molecule has 0 saturated carbocycles. The molecule has 0 fully saturated rings. The van der Waals surface area contributed by atoms with Gasteiger partial charge in [-0.1, -0.05) is 24.3 Å². The summed E-state index contributed by atoms with van der Waals surface area (Å²) in [5.74, 6) is -2.51. The summed E-state index contributed by atoms with van der Waals surface area (Å²) in [5.41, 5.74) is 2.23. The van der Waals surface area contributed by atoms with E-state index in [1.54, 1.807) is 12.1 Å². The van der Waals surface area contributed by atoms with E-state index in [1.807, 2.05) is 31.2 Å². The van der Waals surface area contributed by atoms with Crippen molar-refractivity contribution in [3.8, 4) is 6.07 Å². The van der Waals surface area contributed by atoms with Gasteiger partial charge in [0.05, 0.1) is 6.07 Å². The summed E-state index contributed by atoms with van der Waals surface area (Å²) in [5, 5.41) is 11.8. The number of carbonyl (C=O) groups excluding carboxylic acids is 2. The van der Waals surface area contributed by atoms with Gasteiger partial charge in [-0.25, -0.2) is 0 Å². The lowest BCUT2D eigenvalue weighted by Crippen LogP contribution is -2.34. The molecule has 0 spiro atoms. The number of carbonyl (C=O) groups is 2. The number of nitrogens with one attached hydrogen (secondary N) is 1. The van der Waals surface area contributed by atoms with Crippen LogP contribution in [0, 0.1) is 24.2 Å². The Bertz CT molecular complexity index is 720. The van der Waals surface area contributed by atoms with Crippen LogP contribution < -0.4 is 5.32 Å². The normalized spacial score (nSPS) is 11.3. The van der Waals surface area contributed by atoms with Crippen molar-refractivity contribution in [3.05, 3.63) is 65.5 Å². The average molecular weight is 293 g/mol. The van der Waals surface area contributed by atoms with E-state index in [0.29, 0.717) is 0 Å². The molecule has 0 aliphatic carbocycles. The van der Waals surface area contributed by atoms with E-state index >= 15 is 0 Å². The molecular formula is C17H15N3O2. The molecule has 5 nitrogen and oxygen atoms in total. The van der Waals surface area contributed by atoms with Crippen LogP contribution >= 0.6 is 0 Å². The largest absolute Gasteiger partial charge is 0.350 e. The zero-order valence-corrected chi connectivity index (χ0v) is 12.1. The molecule has 0 saturated heterocycles. The fourth-order valence-corrected chi connectivity index (χ4v) is 2.00. The Kier molecular flexibility index (Phi) is 4.99. The summed E-state index contributed by atoms with van der Waals surface area (Å²) in [6, 6.07) is 12.5. The third-order valence-corrected chi connectivity index (χ3v) is 3.31. The standard InChI is InChI=1S/C17H15N3O2/c1-12-5-2-3-6-13(12)11-20-17(22)15(9-18)16(21)14-7-4-8-19-10-14/h2-8,10,15H,11H2,1H3,(H,20,22)/t15-/m1/s1. The number of nitriles is 1. The van der Waals surface area contributed by atoms with Crippen molar-refractivity contribution in [2.24, 2.45) is 5.92 Å². The molecule has 0 bridgehead atoms. The fourth-order valence-electron chi connectivity index (χ4n) is 2.00. The number of aryl methyl sites for hydroxylation is 1. The highest BCUT2D eigenvalue weighted by molar-refractivity contribution is 6.11. The molecule has 0 radical (unpaired) electrons. The van der Waals surface area contributed by atoms with Crippen LogP contribution in [0.15, 0.2) is 48.8 Å². The molecule has 1 aromatic heterocycles. The Labute approximate surface area is 128 Å². The second kappa shape index (κ2) is 7.14. The van der Waals surface area contributed by atoms with Crippen LogP contribution in [0.2, 0.25) is 0 Å². The Balaban J connectivity index is 2.06. The highest BCUT2D eigenvalue weighted by Crippen LogP contribution is 2.10. The first-order chi connectivity index (χ1) is 10.6. The van der Waals surface area contributed by atoms with Gasteiger partial charge in [0.1, 0.15) is 0 Å². The lowest BCUT2D eigenvalue weighted by atomic mass is 9.99. The molecule has 1 N–H and O–H groups in total. The predicted molar refractivity (Wildman–Crippen MR) is 80.7 cm³/mol. The molecule has 1 aromatic carbocycles. The van der Waals surface area contributed by atoms with Gasteiger partial charge < -0.3 is 5.32 Å². The number of amides is 1. The zero-order chi connectivity index (χ0) is 15.9. The monoisotopic (exact) mass is 293 g/mol. The molecule has 1 amide bonds. The summed E-state index contributed by atoms with van der Waals surface area (Å²) < 4.78 is 0. The molecule has 110 valence electrons. The third-order valence-electron chi connectivity index (χ3n) is 3.31. The van der Waals surface area contributed by atoms with Crippen LogP contribution in [0.3, 0.4) is 0 Å². The highest BCUT2D eigenvalue weighted by atomic mass is 16.2. The number of benzene rings is 1. The van der Waals surface area contributed by atoms with Crippen LogP contribution in [0.25, 0.3) is 0 Å². The van der Waals surface area contributed by atoms with Gasteiger partial charge in [0.15, 0.2) is 11.7 Å². The molecule has 5 heteroatoms. The van der Waals surface area contributed by atoms with Crippen molar-refractivity contribution in [2.75, 3.05) is 0 Å². The SMILES string of the molecule is Cc1ccccc1CNC(=O)[C@H](C#N)C(=O)c1cccnc1. The number of Topliss-reactive ketones (excluding diaryl/α,β-unsaturated/α-hetero) is 1. The van der Waals surface area contributed by atoms with Crippen molar-refractivity contribution in [1.29, 1.82) is 5.26 Å². The lowest BCUT2D eigenvalue weighted by molar-refractivity contribution is -0.122. The first kappa shape index (κ1) is 15.4. The molecule has 0 unspecified atom stereocenters. The Morgan fingerprint density at radius 3 is 2.68 bits per heavy atom. The minimum Gasteiger partial charge on any atom is -0.350 e. The minimum absolute atomic E-state index is 0.250. The van der Waals surface area contributed by atoms with Crippen LogP contribution in [0.1, 0.15) is 21.5 Å². The van der Waals surface area contributed by atoms with Crippen LogP contribution in [-0.4, -0.2) is 16.7 Å². The highest BCUT2D eigenvalue weighted by Gasteiger charge is 2.27. The minimum atomic E-state index is -1.37. The number of aromatic nitrogens is 1. The van der Waals surface area contributed by atoms with Crippen LogP contribution in [-0.2, 0) is 11.3 Å². The predicted octanol–water partition coefficient (Wildman–Crippen LogP) is 2.03. The number of pyridine rings is 1. The van der Waals surface area contributed by atoms with Crippen molar-refractivity contribution < 1.29 is 9.59 Å². The van der Waals surface area contributed by atoms with Gasteiger partial charge in [-0.05, 0) is 30.2 Å². The summed E-state index contributed by atoms with van der Waals surface area (Å²) in [6.45, 7) is 2.22. The van der Waals surface area contributed by atoms with E-state index in [9.17, 15) is 9.59 Å². The molecule has 1 heterocycles. The van der Waals surface area contributed by atoms with Gasteiger partial charge in [0.25, 0.3) is 0 Å². The van der Waals surface area contributed by atoms with E-state index in [-0.39, 0.29) is 12.1 Å². The molecule has 2 aromatic rings. The third kappa shape index (κ3) is 3.55. The van der Waals surface area contributed by atoms with Crippen LogP contribution in [0.4, 0.5) is 0 Å². The van der Waals surface area contributed by atoms with Gasteiger partial charge >= 0.3 is 0 Å². The summed E-state index contributed by atoms with van der Waals surface area (Å²) in [4.78, 5) is 28.1. The summed E-state index contributed by atoms with van der Waals surface area (Å²) in [7, 11) is 0. The van der Waals surface area contributed by atoms with Gasteiger partial charge in [0.2, 0.25) is 5.91 Å². The molecule has 0 aliphatic rings.